The number of aromatic nitrogens is 1. The van der Waals surface area contributed by atoms with Crippen LogP contribution in [0.3, 0.4) is 0 Å². The number of amides is 2. The molecule has 2 N–H and O–H groups in total. The Bertz CT molecular complexity index is 1140. The van der Waals surface area contributed by atoms with Crippen molar-refractivity contribution in [2.45, 2.75) is 25.3 Å². The Morgan fingerprint density at radius 2 is 1.92 bits per heavy atom. The monoisotopic (exact) mass is 560 g/mol. The second-order valence-electron chi connectivity index (χ2n) is 8.81. The van der Waals surface area contributed by atoms with Crippen molar-refractivity contribution in [3.63, 3.8) is 0 Å². The lowest BCUT2D eigenvalue weighted by atomic mass is 10.0. The fourth-order valence-corrected chi connectivity index (χ4v) is 4.98. The number of halogens is 1. The first-order valence-corrected chi connectivity index (χ1v) is 12.7. The maximum Gasteiger partial charge on any atom is 0.294 e. The van der Waals surface area contributed by atoms with Gasteiger partial charge in [-0.1, -0.05) is 15.9 Å². The van der Waals surface area contributed by atoms with Crippen LogP contribution >= 0.6 is 15.9 Å². The molecule has 2 fully saturated rings. The minimum Gasteiger partial charge on any atom is -0.387 e. The zero-order valence-corrected chi connectivity index (χ0v) is 21.6. The summed E-state index contributed by atoms with van der Waals surface area (Å²) < 4.78 is 5.91. The van der Waals surface area contributed by atoms with Crippen LogP contribution in [0, 0.1) is 10.1 Å². The van der Waals surface area contributed by atoms with Crippen LogP contribution in [0.1, 0.15) is 40.0 Å². The summed E-state index contributed by atoms with van der Waals surface area (Å²) in [5, 5.41) is 18.2. The number of benzene rings is 1. The molecule has 0 unspecified atom stereocenters. The van der Waals surface area contributed by atoms with Gasteiger partial charge in [-0.2, -0.15) is 0 Å². The van der Waals surface area contributed by atoms with E-state index in [1.165, 1.54) is 12.3 Å². The SMILES string of the molecule is CNc1cncc(C(=O)N2CCC[C@@H](Nc3c(C(=O)N4CCCOCC4)cc(Br)cc3[N+](=O)[O-])C2)c1. The van der Waals surface area contributed by atoms with Crippen LogP contribution in [-0.4, -0.2) is 84.0 Å². The molecular formula is C24H29BrN6O5. The minimum atomic E-state index is -0.490. The summed E-state index contributed by atoms with van der Waals surface area (Å²) in [6, 6.07) is 4.49. The molecule has 2 aliphatic rings. The summed E-state index contributed by atoms with van der Waals surface area (Å²) in [6.07, 6.45) is 5.30. The maximum absolute atomic E-state index is 13.5. The van der Waals surface area contributed by atoms with E-state index >= 15 is 0 Å². The number of rotatable bonds is 6. The maximum atomic E-state index is 13.5. The third-order valence-corrected chi connectivity index (χ3v) is 6.81. The predicted molar refractivity (Wildman–Crippen MR) is 138 cm³/mol. The van der Waals surface area contributed by atoms with Gasteiger partial charge in [-0.25, -0.2) is 0 Å². The van der Waals surface area contributed by atoms with E-state index in [2.05, 4.69) is 31.5 Å². The molecule has 2 aromatic rings. The smallest absolute Gasteiger partial charge is 0.294 e. The number of hydrogen-bond donors (Lipinski definition) is 2. The van der Waals surface area contributed by atoms with Crippen LogP contribution in [0.15, 0.2) is 35.1 Å². The summed E-state index contributed by atoms with van der Waals surface area (Å²) >= 11 is 3.32. The third kappa shape index (κ3) is 5.93. The number of ether oxygens (including phenoxy) is 1. The Morgan fingerprint density at radius 1 is 1.11 bits per heavy atom. The van der Waals surface area contributed by atoms with E-state index in [1.54, 1.807) is 35.2 Å². The molecule has 11 nitrogen and oxygen atoms in total. The van der Waals surface area contributed by atoms with Crippen molar-refractivity contribution in [3.8, 4) is 0 Å². The van der Waals surface area contributed by atoms with Gasteiger partial charge in [0, 0.05) is 68.8 Å². The molecule has 0 saturated carbocycles. The molecule has 2 saturated heterocycles. The molecule has 1 atom stereocenters. The van der Waals surface area contributed by atoms with Crippen molar-refractivity contribution >= 4 is 44.8 Å². The number of likely N-dealkylation sites (tertiary alicyclic amines) is 1. The lowest BCUT2D eigenvalue weighted by molar-refractivity contribution is -0.384. The summed E-state index contributed by atoms with van der Waals surface area (Å²) in [6.45, 7) is 2.86. The quantitative estimate of drug-likeness (QED) is 0.406. The molecule has 0 spiro atoms. The van der Waals surface area contributed by atoms with E-state index in [4.69, 9.17) is 4.74 Å². The number of hydrogen-bond acceptors (Lipinski definition) is 8. The lowest BCUT2D eigenvalue weighted by Gasteiger charge is -2.34. The number of nitrogens with zero attached hydrogens (tertiary/aromatic N) is 4. The van der Waals surface area contributed by atoms with E-state index < -0.39 is 4.92 Å². The first kappa shape index (κ1) is 25.8. The Hall–Kier alpha value is -3.25. The molecule has 12 heteroatoms. The number of pyridine rings is 1. The predicted octanol–water partition coefficient (Wildman–Crippen LogP) is 3.37. The fourth-order valence-electron chi connectivity index (χ4n) is 4.54. The van der Waals surface area contributed by atoms with Crippen LogP contribution in [0.25, 0.3) is 0 Å². The first-order valence-electron chi connectivity index (χ1n) is 11.9. The van der Waals surface area contributed by atoms with Gasteiger partial charge in [0.25, 0.3) is 17.5 Å². The summed E-state index contributed by atoms with van der Waals surface area (Å²) in [5.41, 5.74) is 1.42. The van der Waals surface area contributed by atoms with E-state index in [0.29, 0.717) is 62.3 Å². The van der Waals surface area contributed by atoms with Gasteiger partial charge in [0.05, 0.1) is 28.3 Å². The third-order valence-electron chi connectivity index (χ3n) is 6.35. The average Bonchev–Trinajstić information content (AvgIpc) is 3.18. The highest BCUT2D eigenvalue weighted by Gasteiger charge is 2.31. The van der Waals surface area contributed by atoms with Crippen molar-refractivity contribution in [3.05, 3.63) is 56.3 Å². The van der Waals surface area contributed by atoms with Crippen molar-refractivity contribution < 1.29 is 19.2 Å². The van der Waals surface area contributed by atoms with Crippen molar-refractivity contribution in [1.29, 1.82) is 0 Å². The van der Waals surface area contributed by atoms with E-state index in [1.807, 2.05) is 0 Å². The van der Waals surface area contributed by atoms with Crippen molar-refractivity contribution in [2.75, 3.05) is 57.1 Å². The Kier molecular flexibility index (Phi) is 8.36. The molecular weight excluding hydrogens is 532 g/mol. The number of nitro groups is 1. The van der Waals surface area contributed by atoms with Crippen LogP contribution in [0.5, 0.6) is 0 Å². The molecule has 0 bridgehead atoms. The number of carbonyl (C=O) groups excluding carboxylic acids is 2. The van der Waals surface area contributed by atoms with Gasteiger partial charge in [0.1, 0.15) is 5.69 Å². The van der Waals surface area contributed by atoms with Crippen LogP contribution in [0.2, 0.25) is 0 Å². The first-order chi connectivity index (χ1) is 17.4. The van der Waals surface area contributed by atoms with Gasteiger partial charge in [0.2, 0.25) is 0 Å². The van der Waals surface area contributed by atoms with Crippen molar-refractivity contribution in [2.24, 2.45) is 0 Å². The van der Waals surface area contributed by atoms with E-state index in [9.17, 15) is 19.7 Å². The van der Waals surface area contributed by atoms with Crippen LogP contribution in [0.4, 0.5) is 17.1 Å². The highest BCUT2D eigenvalue weighted by atomic mass is 79.9. The fraction of sp³-hybridized carbons (Fsp3) is 0.458. The van der Waals surface area contributed by atoms with Gasteiger partial charge in [0.15, 0.2) is 0 Å². The number of anilines is 2. The van der Waals surface area contributed by atoms with Crippen LogP contribution < -0.4 is 10.6 Å². The molecule has 0 radical (unpaired) electrons. The molecule has 3 heterocycles. The van der Waals surface area contributed by atoms with E-state index in [0.717, 1.165) is 12.1 Å². The van der Waals surface area contributed by atoms with Gasteiger partial charge in [-0.3, -0.25) is 24.7 Å². The number of piperidine rings is 1. The highest BCUT2D eigenvalue weighted by Crippen LogP contribution is 2.35. The zero-order chi connectivity index (χ0) is 25.7. The molecule has 1 aromatic carbocycles. The van der Waals surface area contributed by atoms with E-state index in [-0.39, 0.29) is 34.8 Å². The van der Waals surface area contributed by atoms with Gasteiger partial charge < -0.3 is 25.2 Å². The minimum absolute atomic E-state index is 0.155. The van der Waals surface area contributed by atoms with Crippen LogP contribution in [-0.2, 0) is 4.74 Å². The summed E-state index contributed by atoms with van der Waals surface area (Å²) in [5.74, 6) is -0.441. The lowest BCUT2D eigenvalue weighted by Crippen LogP contribution is -2.45. The molecule has 2 aliphatic heterocycles. The summed E-state index contributed by atoms with van der Waals surface area (Å²) in [7, 11) is 1.76. The number of carbonyl (C=O) groups is 2. The highest BCUT2D eigenvalue weighted by molar-refractivity contribution is 9.10. The molecule has 0 aliphatic carbocycles. The molecule has 4 rings (SSSR count). The number of nitrogens with one attached hydrogen (secondary N) is 2. The Labute approximate surface area is 217 Å². The largest absolute Gasteiger partial charge is 0.387 e. The Morgan fingerprint density at radius 3 is 2.69 bits per heavy atom. The molecule has 192 valence electrons. The van der Waals surface area contributed by atoms with Gasteiger partial charge in [-0.05, 0) is 31.4 Å². The molecule has 2 amide bonds. The molecule has 1 aromatic heterocycles. The second kappa shape index (κ2) is 11.7. The standard InChI is InChI=1S/C24H29BrN6O5/c1-26-19-10-16(13-27-14-19)23(32)30-5-2-4-18(15-30)28-22-20(11-17(25)12-21(22)31(34)35)24(33)29-6-3-8-36-9-7-29/h10-14,18,26,28H,2-9,15H2,1H3/t18-/m1/s1. The topological polar surface area (TPSA) is 130 Å². The van der Waals surface area contributed by atoms with Gasteiger partial charge >= 0.3 is 0 Å². The number of nitro benzene ring substituents is 1. The summed E-state index contributed by atoms with van der Waals surface area (Å²) in [4.78, 5) is 45.6. The molecule has 36 heavy (non-hydrogen) atoms. The normalized spacial score (nSPS) is 18.3. The van der Waals surface area contributed by atoms with Gasteiger partial charge in [-0.15, -0.1) is 0 Å². The van der Waals surface area contributed by atoms with Crippen molar-refractivity contribution in [1.82, 2.24) is 14.8 Å². The Balaban J connectivity index is 1.59. The zero-order valence-electron chi connectivity index (χ0n) is 20.0. The average molecular weight is 561 g/mol. The second-order valence-corrected chi connectivity index (χ2v) is 9.73.